The zero-order valence-electron chi connectivity index (χ0n) is 8.12. The predicted molar refractivity (Wildman–Crippen MR) is 53.3 cm³/mol. The maximum Gasteiger partial charge on any atom is 0.150 e. The summed E-state index contributed by atoms with van der Waals surface area (Å²) in [6.45, 7) is 0. The van der Waals surface area contributed by atoms with E-state index in [1.807, 2.05) is 0 Å². The highest BCUT2D eigenvalue weighted by Crippen LogP contribution is 2.22. The normalized spacial score (nSPS) is 9.93. The Morgan fingerprint density at radius 1 is 1.47 bits per heavy atom. The summed E-state index contributed by atoms with van der Waals surface area (Å²) in [6.07, 6.45) is 3.78. The summed E-state index contributed by atoms with van der Waals surface area (Å²) in [5.74, 6) is 0.588. The van der Waals surface area contributed by atoms with Gasteiger partial charge in [0.05, 0.1) is 7.11 Å². The number of aldehydes is 1. The number of aromatic nitrogens is 3. The van der Waals surface area contributed by atoms with Gasteiger partial charge in [-0.3, -0.25) is 4.79 Å². The van der Waals surface area contributed by atoms with Crippen molar-refractivity contribution in [3.05, 3.63) is 36.4 Å². The fourth-order valence-corrected chi connectivity index (χ4v) is 1.29. The minimum Gasteiger partial charge on any atom is -0.494 e. The van der Waals surface area contributed by atoms with E-state index in [0.29, 0.717) is 11.3 Å². The number of ether oxygens (including phenoxy) is 1. The number of nitrogens with zero attached hydrogens (tertiary/aromatic N) is 3. The molecule has 0 saturated heterocycles. The van der Waals surface area contributed by atoms with E-state index in [-0.39, 0.29) is 0 Å². The van der Waals surface area contributed by atoms with Crippen LogP contribution in [-0.4, -0.2) is 28.2 Å². The molecule has 0 aliphatic heterocycles. The molecular weight excluding hydrogens is 194 g/mol. The average molecular weight is 203 g/mol. The lowest BCUT2D eigenvalue weighted by Gasteiger charge is -2.07. The third-order valence-electron chi connectivity index (χ3n) is 2.01. The van der Waals surface area contributed by atoms with Crippen molar-refractivity contribution >= 4 is 6.29 Å². The summed E-state index contributed by atoms with van der Waals surface area (Å²) in [4.78, 5) is 14.4. The quantitative estimate of drug-likeness (QED) is 0.700. The first kappa shape index (κ1) is 9.39. The van der Waals surface area contributed by atoms with Crippen LogP contribution in [0, 0.1) is 0 Å². The molecule has 0 unspecified atom stereocenters. The lowest BCUT2D eigenvalue weighted by molar-refractivity contribution is 0.112. The zero-order valence-corrected chi connectivity index (χ0v) is 8.12. The molecule has 0 spiro atoms. The number of carbonyl (C=O) groups excluding carboxylic acids is 1. The molecule has 5 nitrogen and oxygen atoms in total. The Balaban J connectivity index is 2.52. The van der Waals surface area contributed by atoms with Crippen LogP contribution in [0.15, 0.2) is 30.9 Å². The number of rotatable bonds is 3. The molecule has 2 rings (SSSR count). The van der Waals surface area contributed by atoms with Gasteiger partial charge in [-0.15, -0.1) is 0 Å². The van der Waals surface area contributed by atoms with Crippen LogP contribution in [0.5, 0.6) is 5.75 Å². The number of benzene rings is 1. The van der Waals surface area contributed by atoms with E-state index in [1.165, 1.54) is 6.33 Å². The number of hydrogen-bond donors (Lipinski definition) is 0. The van der Waals surface area contributed by atoms with E-state index >= 15 is 0 Å². The Hall–Kier alpha value is -2.17. The van der Waals surface area contributed by atoms with Crippen molar-refractivity contribution < 1.29 is 9.53 Å². The molecule has 0 fully saturated rings. The van der Waals surface area contributed by atoms with Crippen molar-refractivity contribution in [3.8, 4) is 11.4 Å². The first-order chi connectivity index (χ1) is 7.35. The number of methoxy groups -OCH3 is 1. The van der Waals surface area contributed by atoms with Gasteiger partial charge in [-0.2, -0.15) is 5.10 Å². The Kier molecular flexibility index (Phi) is 2.45. The maximum absolute atomic E-state index is 10.6. The largest absolute Gasteiger partial charge is 0.494 e. The molecule has 15 heavy (non-hydrogen) atoms. The monoisotopic (exact) mass is 203 g/mol. The second kappa shape index (κ2) is 3.91. The Morgan fingerprint density at radius 3 is 2.93 bits per heavy atom. The minimum absolute atomic E-state index is 0.565. The van der Waals surface area contributed by atoms with Crippen LogP contribution in [-0.2, 0) is 0 Å². The third-order valence-corrected chi connectivity index (χ3v) is 2.01. The molecule has 1 aromatic carbocycles. The Bertz CT molecular complexity index is 466. The summed E-state index contributed by atoms with van der Waals surface area (Å²) < 4.78 is 6.74. The van der Waals surface area contributed by atoms with Crippen molar-refractivity contribution in [2.45, 2.75) is 0 Å². The molecule has 0 aliphatic rings. The first-order valence-corrected chi connectivity index (χ1v) is 4.33. The van der Waals surface area contributed by atoms with E-state index in [4.69, 9.17) is 4.74 Å². The molecule has 1 heterocycles. The molecular formula is C10H9N3O2. The molecule has 0 amide bonds. The van der Waals surface area contributed by atoms with Gasteiger partial charge in [0.25, 0.3) is 0 Å². The molecule has 5 heteroatoms. The van der Waals surface area contributed by atoms with Crippen LogP contribution in [0.4, 0.5) is 0 Å². The molecule has 76 valence electrons. The van der Waals surface area contributed by atoms with Gasteiger partial charge in [0.15, 0.2) is 0 Å². The van der Waals surface area contributed by atoms with Gasteiger partial charge < -0.3 is 4.74 Å². The van der Waals surface area contributed by atoms with Gasteiger partial charge in [-0.25, -0.2) is 9.67 Å². The third kappa shape index (κ3) is 1.71. The van der Waals surface area contributed by atoms with E-state index in [1.54, 1.807) is 36.3 Å². The smallest absolute Gasteiger partial charge is 0.150 e. The fourth-order valence-electron chi connectivity index (χ4n) is 1.29. The molecule has 0 radical (unpaired) electrons. The van der Waals surface area contributed by atoms with E-state index in [2.05, 4.69) is 10.1 Å². The van der Waals surface area contributed by atoms with Crippen molar-refractivity contribution in [2.75, 3.05) is 7.11 Å². The van der Waals surface area contributed by atoms with Crippen molar-refractivity contribution in [1.82, 2.24) is 14.8 Å². The Labute approximate surface area is 86.3 Å². The van der Waals surface area contributed by atoms with Crippen molar-refractivity contribution in [2.24, 2.45) is 0 Å². The topological polar surface area (TPSA) is 57.0 Å². The van der Waals surface area contributed by atoms with Gasteiger partial charge in [-0.05, 0) is 18.2 Å². The summed E-state index contributed by atoms with van der Waals surface area (Å²) in [6, 6.07) is 5.12. The minimum atomic E-state index is 0.565. The van der Waals surface area contributed by atoms with Crippen LogP contribution >= 0.6 is 0 Å². The summed E-state index contributed by atoms with van der Waals surface area (Å²) in [5, 5.41) is 3.99. The van der Waals surface area contributed by atoms with Gasteiger partial charge >= 0.3 is 0 Å². The van der Waals surface area contributed by atoms with Crippen LogP contribution in [0.2, 0.25) is 0 Å². The van der Waals surface area contributed by atoms with Gasteiger partial charge in [-0.1, -0.05) is 0 Å². The second-order valence-corrected chi connectivity index (χ2v) is 2.89. The summed E-state index contributed by atoms with van der Waals surface area (Å²) in [7, 11) is 1.55. The lowest BCUT2D eigenvalue weighted by atomic mass is 10.2. The van der Waals surface area contributed by atoms with E-state index in [9.17, 15) is 4.79 Å². The molecule has 2 aromatic rings. The molecule has 0 bridgehead atoms. The Morgan fingerprint density at radius 2 is 2.33 bits per heavy atom. The molecule has 0 atom stereocenters. The van der Waals surface area contributed by atoms with Crippen LogP contribution < -0.4 is 4.74 Å². The SMILES string of the molecule is COc1cc(C=O)ccc1-n1cncn1. The molecule has 0 saturated carbocycles. The van der Waals surface area contributed by atoms with E-state index in [0.717, 1.165) is 12.0 Å². The van der Waals surface area contributed by atoms with Crippen LogP contribution in [0.25, 0.3) is 5.69 Å². The summed E-state index contributed by atoms with van der Waals surface area (Å²) in [5.41, 5.74) is 1.32. The first-order valence-electron chi connectivity index (χ1n) is 4.33. The number of carbonyl (C=O) groups is 1. The van der Waals surface area contributed by atoms with Crippen molar-refractivity contribution in [3.63, 3.8) is 0 Å². The van der Waals surface area contributed by atoms with E-state index < -0.39 is 0 Å². The predicted octanol–water partition coefficient (Wildman–Crippen LogP) is 1.09. The second-order valence-electron chi connectivity index (χ2n) is 2.89. The van der Waals surface area contributed by atoms with Crippen molar-refractivity contribution in [1.29, 1.82) is 0 Å². The van der Waals surface area contributed by atoms with Gasteiger partial charge in [0.2, 0.25) is 0 Å². The molecule has 0 N–H and O–H groups in total. The molecule has 1 aromatic heterocycles. The van der Waals surface area contributed by atoms with Crippen LogP contribution in [0.3, 0.4) is 0 Å². The average Bonchev–Trinajstić information content (AvgIpc) is 2.81. The highest BCUT2D eigenvalue weighted by molar-refractivity contribution is 5.76. The fraction of sp³-hybridized carbons (Fsp3) is 0.100. The highest BCUT2D eigenvalue weighted by atomic mass is 16.5. The molecule has 0 aliphatic carbocycles. The standard InChI is InChI=1S/C10H9N3O2/c1-15-10-4-8(5-14)2-3-9(10)13-7-11-6-12-13/h2-7H,1H3. The summed E-state index contributed by atoms with van der Waals surface area (Å²) >= 11 is 0. The van der Waals surface area contributed by atoms with Gasteiger partial charge in [0.1, 0.15) is 30.4 Å². The lowest BCUT2D eigenvalue weighted by Crippen LogP contribution is -1.99. The highest BCUT2D eigenvalue weighted by Gasteiger charge is 2.06. The number of hydrogen-bond acceptors (Lipinski definition) is 4. The van der Waals surface area contributed by atoms with Crippen LogP contribution in [0.1, 0.15) is 10.4 Å². The van der Waals surface area contributed by atoms with Gasteiger partial charge in [0, 0.05) is 5.56 Å². The maximum atomic E-state index is 10.6. The zero-order chi connectivity index (χ0) is 10.7.